The molecule has 6 heteroatoms. The first kappa shape index (κ1) is 14.6. The van der Waals surface area contributed by atoms with Crippen molar-refractivity contribution in [1.82, 2.24) is 14.3 Å². The van der Waals surface area contributed by atoms with E-state index >= 15 is 0 Å². The number of rotatable bonds is 3. The molecule has 0 spiro atoms. The van der Waals surface area contributed by atoms with Gasteiger partial charge in [0, 0.05) is 18.7 Å². The first-order valence-corrected chi connectivity index (χ1v) is 7.58. The van der Waals surface area contributed by atoms with Crippen LogP contribution in [0.2, 0.25) is 0 Å². The minimum Gasteiger partial charge on any atom is -0.324 e. The monoisotopic (exact) mass is 300 g/mol. The topological polar surface area (TPSA) is 68.9 Å². The first-order chi connectivity index (χ1) is 10.5. The lowest BCUT2D eigenvalue weighted by Crippen LogP contribution is -2.31. The highest BCUT2D eigenvalue weighted by molar-refractivity contribution is 5.91. The van der Waals surface area contributed by atoms with Crippen LogP contribution in [-0.4, -0.2) is 20.3 Å². The van der Waals surface area contributed by atoms with Gasteiger partial charge in [-0.05, 0) is 38.3 Å². The normalized spacial score (nSPS) is 13.7. The Hall–Kier alpha value is -2.37. The minimum atomic E-state index is -0.232. The molecule has 1 aliphatic heterocycles. The molecule has 1 aliphatic rings. The van der Waals surface area contributed by atoms with Crippen LogP contribution in [0.5, 0.6) is 0 Å². The van der Waals surface area contributed by atoms with E-state index in [0.29, 0.717) is 6.54 Å². The molecule has 1 N–H and O–H groups in total. The molecule has 0 aliphatic carbocycles. The molecule has 0 bridgehead atoms. The number of carbonyl (C=O) groups excluding carboxylic acids is 1. The lowest BCUT2D eigenvalue weighted by atomic mass is 10.1. The Balaban J connectivity index is 1.75. The number of anilines is 1. The number of hydrogen-bond acceptors (Lipinski definition) is 3. The van der Waals surface area contributed by atoms with E-state index in [1.54, 1.807) is 4.57 Å². The number of fused-ring (bicyclic) bond motifs is 1. The molecule has 2 aromatic rings. The van der Waals surface area contributed by atoms with Gasteiger partial charge in [-0.25, -0.2) is 9.48 Å². The van der Waals surface area contributed by atoms with Gasteiger partial charge in [0.25, 0.3) is 0 Å². The molecule has 3 rings (SSSR count). The molecule has 0 radical (unpaired) electrons. The zero-order valence-electron chi connectivity index (χ0n) is 12.9. The van der Waals surface area contributed by atoms with Crippen LogP contribution in [-0.2, 0) is 24.3 Å². The van der Waals surface area contributed by atoms with E-state index < -0.39 is 0 Å². The van der Waals surface area contributed by atoms with Gasteiger partial charge in [-0.2, -0.15) is 5.10 Å². The van der Waals surface area contributed by atoms with E-state index in [1.165, 1.54) is 4.68 Å². The van der Waals surface area contributed by atoms with Crippen molar-refractivity contribution in [2.75, 3.05) is 5.32 Å². The average molecular weight is 300 g/mol. The summed E-state index contributed by atoms with van der Waals surface area (Å²) in [5.41, 5.74) is 2.73. The third kappa shape index (κ3) is 2.81. The standard InChI is InChI=1S/C16H20N4O2/c1-11-6-7-13(12(2)9-11)17-15(21)10-20-16(22)19-8-4-3-5-14(19)18-20/h6-7,9H,3-5,8,10H2,1-2H3,(H,17,21). The maximum atomic E-state index is 12.2. The molecule has 116 valence electrons. The van der Waals surface area contributed by atoms with Crippen LogP contribution < -0.4 is 11.0 Å². The predicted molar refractivity (Wildman–Crippen MR) is 84.0 cm³/mol. The van der Waals surface area contributed by atoms with E-state index in [0.717, 1.165) is 41.9 Å². The van der Waals surface area contributed by atoms with E-state index in [9.17, 15) is 9.59 Å². The molecular weight excluding hydrogens is 280 g/mol. The molecule has 6 nitrogen and oxygen atoms in total. The third-order valence-corrected chi connectivity index (χ3v) is 3.98. The molecule has 22 heavy (non-hydrogen) atoms. The van der Waals surface area contributed by atoms with E-state index in [4.69, 9.17) is 0 Å². The Labute approximate surface area is 128 Å². The Morgan fingerprint density at radius 1 is 1.32 bits per heavy atom. The average Bonchev–Trinajstić information content (AvgIpc) is 2.79. The summed E-state index contributed by atoms with van der Waals surface area (Å²) in [6, 6.07) is 5.84. The van der Waals surface area contributed by atoms with Crippen LogP contribution in [0.4, 0.5) is 5.69 Å². The third-order valence-electron chi connectivity index (χ3n) is 3.98. The van der Waals surface area contributed by atoms with Gasteiger partial charge >= 0.3 is 5.69 Å². The highest BCUT2D eigenvalue weighted by Gasteiger charge is 2.18. The summed E-state index contributed by atoms with van der Waals surface area (Å²) < 4.78 is 2.94. The number of nitrogens with one attached hydrogen (secondary N) is 1. The second kappa shape index (κ2) is 5.79. The summed E-state index contributed by atoms with van der Waals surface area (Å²) in [5.74, 6) is 0.556. The van der Waals surface area contributed by atoms with Gasteiger partial charge in [0.05, 0.1) is 0 Å². The van der Waals surface area contributed by atoms with Crippen molar-refractivity contribution in [1.29, 1.82) is 0 Å². The quantitative estimate of drug-likeness (QED) is 0.937. The lowest BCUT2D eigenvalue weighted by molar-refractivity contribution is -0.117. The Bertz CT molecular complexity index is 773. The van der Waals surface area contributed by atoms with Crippen LogP contribution in [0, 0.1) is 13.8 Å². The molecule has 2 heterocycles. The lowest BCUT2D eigenvalue weighted by Gasteiger charge is -2.09. The second-order valence-corrected chi connectivity index (χ2v) is 5.83. The highest BCUT2D eigenvalue weighted by atomic mass is 16.2. The number of nitrogens with zero attached hydrogens (tertiary/aromatic N) is 3. The molecule has 0 saturated carbocycles. The summed E-state index contributed by atoms with van der Waals surface area (Å²) in [4.78, 5) is 24.4. The van der Waals surface area contributed by atoms with Crippen molar-refractivity contribution in [3.8, 4) is 0 Å². The van der Waals surface area contributed by atoms with E-state index in [1.807, 2.05) is 32.0 Å². The fourth-order valence-corrected chi connectivity index (χ4v) is 2.83. The van der Waals surface area contributed by atoms with Crippen molar-refractivity contribution in [2.24, 2.45) is 0 Å². The number of aromatic nitrogens is 3. The Kier molecular flexibility index (Phi) is 3.83. The highest BCUT2D eigenvalue weighted by Crippen LogP contribution is 2.16. The van der Waals surface area contributed by atoms with Gasteiger partial charge in [0.1, 0.15) is 12.4 Å². The smallest absolute Gasteiger partial charge is 0.324 e. The van der Waals surface area contributed by atoms with Crippen molar-refractivity contribution in [3.05, 3.63) is 45.6 Å². The summed E-state index contributed by atoms with van der Waals surface area (Å²) in [6.07, 6.45) is 2.85. The number of benzene rings is 1. The van der Waals surface area contributed by atoms with Gasteiger partial charge in [0.15, 0.2) is 0 Å². The number of aryl methyl sites for hydroxylation is 3. The molecule has 0 fully saturated rings. The summed E-state index contributed by atoms with van der Waals surface area (Å²) in [5, 5.41) is 7.12. The van der Waals surface area contributed by atoms with Crippen LogP contribution >= 0.6 is 0 Å². The maximum absolute atomic E-state index is 12.2. The first-order valence-electron chi connectivity index (χ1n) is 7.58. The minimum absolute atomic E-state index is 0.0495. The molecule has 0 atom stereocenters. The van der Waals surface area contributed by atoms with Crippen molar-refractivity contribution in [2.45, 2.75) is 46.2 Å². The summed E-state index contributed by atoms with van der Waals surface area (Å²) in [7, 11) is 0. The summed E-state index contributed by atoms with van der Waals surface area (Å²) in [6.45, 7) is 4.61. The van der Waals surface area contributed by atoms with Gasteiger partial charge in [-0.1, -0.05) is 17.7 Å². The molecule has 0 unspecified atom stereocenters. The van der Waals surface area contributed by atoms with Gasteiger partial charge in [-0.3, -0.25) is 9.36 Å². The Morgan fingerprint density at radius 3 is 2.86 bits per heavy atom. The van der Waals surface area contributed by atoms with Crippen LogP contribution in [0.1, 0.15) is 29.8 Å². The van der Waals surface area contributed by atoms with Gasteiger partial charge in [-0.15, -0.1) is 0 Å². The fraction of sp³-hybridized carbons (Fsp3) is 0.438. The maximum Gasteiger partial charge on any atom is 0.346 e. The number of carbonyl (C=O) groups is 1. The predicted octanol–water partition coefficient (Wildman–Crippen LogP) is 1.64. The molecule has 1 aromatic heterocycles. The van der Waals surface area contributed by atoms with Crippen LogP contribution in [0.15, 0.2) is 23.0 Å². The Morgan fingerprint density at radius 2 is 2.14 bits per heavy atom. The largest absolute Gasteiger partial charge is 0.346 e. The van der Waals surface area contributed by atoms with E-state index in [2.05, 4.69) is 10.4 Å². The zero-order valence-corrected chi connectivity index (χ0v) is 12.9. The van der Waals surface area contributed by atoms with Crippen molar-refractivity contribution < 1.29 is 4.79 Å². The molecule has 0 saturated heterocycles. The summed E-state index contributed by atoms with van der Waals surface area (Å²) >= 11 is 0. The van der Waals surface area contributed by atoms with Gasteiger partial charge in [0.2, 0.25) is 5.91 Å². The van der Waals surface area contributed by atoms with Crippen molar-refractivity contribution >= 4 is 11.6 Å². The van der Waals surface area contributed by atoms with Crippen LogP contribution in [0.25, 0.3) is 0 Å². The molecule has 1 aromatic carbocycles. The SMILES string of the molecule is Cc1ccc(NC(=O)Cn2nc3n(c2=O)CCCC3)c(C)c1. The fourth-order valence-electron chi connectivity index (χ4n) is 2.83. The zero-order chi connectivity index (χ0) is 15.7. The molecular formula is C16H20N4O2. The van der Waals surface area contributed by atoms with E-state index in [-0.39, 0.29) is 18.1 Å². The van der Waals surface area contributed by atoms with Crippen molar-refractivity contribution in [3.63, 3.8) is 0 Å². The second-order valence-electron chi connectivity index (χ2n) is 5.83. The molecule has 1 amide bonds. The number of amides is 1. The number of hydrogen-bond donors (Lipinski definition) is 1. The van der Waals surface area contributed by atoms with Gasteiger partial charge < -0.3 is 5.32 Å². The van der Waals surface area contributed by atoms with Crippen LogP contribution in [0.3, 0.4) is 0 Å².